The maximum atomic E-state index is 9.39. The second kappa shape index (κ2) is 5.53. The van der Waals surface area contributed by atoms with Crippen molar-refractivity contribution in [1.29, 1.82) is 5.26 Å². The highest BCUT2D eigenvalue weighted by Crippen LogP contribution is 2.32. The SMILES string of the molecule is COc1cccc(-c2nc3c(C)cccn3c2C(C)C#N)c1. The summed E-state index contributed by atoms with van der Waals surface area (Å²) in [4.78, 5) is 4.78. The van der Waals surface area contributed by atoms with Crippen LogP contribution in [0.3, 0.4) is 0 Å². The number of fused-ring (bicyclic) bond motifs is 1. The first kappa shape index (κ1) is 14.2. The van der Waals surface area contributed by atoms with Gasteiger partial charge in [-0.25, -0.2) is 4.98 Å². The van der Waals surface area contributed by atoms with Crippen LogP contribution in [-0.2, 0) is 0 Å². The molecule has 0 N–H and O–H groups in total. The lowest BCUT2D eigenvalue weighted by molar-refractivity contribution is 0.415. The van der Waals surface area contributed by atoms with Gasteiger partial charge in [-0.15, -0.1) is 0 Å². The molecule has 0 saturated heterocycles. The highest BCUT2D eigenvalue weighted by atomic mass is 16.5. The van der Waals surface area contributed by atoms with E-state index in [1.54, 1.807) is 7.11 Å². The summed E-state index contributed by atoms with van der Waals surface area (Å²) in [5, 5.41) is 9.39. The molecule has 4 nitrogen and oxygen atoms in total. The van der Waals surface area contributed by atoms with Crippen molar-refractivity contribution < 1.29 is 4.74 Å². The molecule has 110 valence electrons. The van der Waals surface area contributed by atoms with E-state index >= 15 is 0 Å². The highest BCUT2D eigenvalue weighted by molar-refractivity contribution is 5.70. The molecule has 3 aromatic rings. The fraction of sp³-hybridized carbons (Fsp3) is 0.222. The fourth-order valence-corrected chi connectivity index (χ4v) is 2.68. The van der Waals surface area contributed by atoms with Crippen LogP contribution in [0.25, 0.3) is 16.9 Å². The van der Waals surface area contributed by atoms with Crippen molar-refractivity contribution in [3.05, 3.63) is 53.9 Å². The third-order valence-corrected chi connectivity index (χ3v) is 3.83. The van der Waals surface area contributed by atoms with E-state index in [1.165, 1.54) is 0 Å². The van der Waals surface area contributed by atoms with Gasteiger partial charge in [-0.3, -0.25) is 0 Å². The Balaban J connectivity index is 2.33. The number of aryl methyl sites for hydroxylation is 1. The van der Waals surface area contributed by atoms with Crippen LogP contribution in [0.15, 0.2) is 42.6 Å². The predicted molar refractivity (Wildman–Crippen MR) is 85.9 cm³/mol. The minimum absolute atomic E-state index is 0.252. The summed E-state index contributed by atoms with van der Waals surface area (Å²) < 4.78 is 7.31. The van der Waals surface area contributed by atoms with Crippen LogP contribution in [0.2, 0.25) is 0 Å². The third kappa shape index (κ3) is 2.21. The molecule has 0 aliphatic rings. The van der Waals surface area contributed by atoms with Crippen molar-refractivity contribution in [3.63, 3.8) is 0 Å². The largest absolute Gasteiger partial charge is 0.497 e. The molecule has 0 amide bonds. The van der Waals surface area contributed by atoms with Crippen LogP contribution in [0.5, 0.6) is 5.75 Å². The molecule has 1 unspecified atom stereocenters. The van der Waals surface area contributed by atoms with Gasteiger partial charge in [-0.2, -0.15) is 5.26 Å². The number of pyridine rings is 1. The van der Waals surface area contributed by atoms with Crippen molar-refractivity contribution in [2.75, 3.05) is 7.11 Å². The number of imidazole rings is 1. The lowest BCUT2D eigenvalue weighted by Gasteiger charge is -2.08. The summed E-state index contributed by atoms with van der Waals surface area (Å²) in [7, 11) is 1.64. The Kier molecular flexibility index (Phi) is 3.56. The number of hydrogen-bond donors (Lipinski definition) is 0. The minimum Gasteiger partial charge on any atom is -0.497 e. The normalized spacial score (nSPS) is 12.1. The van der Waals surface area contributed by atoms with Gasteiger partial charge >= 0.3 is 0 Å². The Hall–Kier alpha value is -2.80. The van der Waals surface area contributed by atoms with E-state index in [2.05, 4.69) is 6.07 Å². The van der Waals surface area contributed by atoms with Gasteiger partial charge in [0, 0.05) is 11.8 Å². The van der Waals surface area contributed by atoms with Gasteiger partial charge in [0.1, 0.15) is 11.4 Å². The Morgan fingerprint density at radius 3 is 2.82 bits per heavy atom. The molecule has 0 radical (unpaired) electrons. The predicted octanol–water partition coefficient (Wildman–Crippen LogP) is 3.95. The maximum absolute atomic E-state index is 9.39. The topological polar surface area (TPSA) is 50.3 Å². The maximum Gasteiger partial charge on any atom is 0.140 e. The quantitative estimate of drug-likeness (QED) is 0.734. The Morgan fingerprint density at radius 1 is 1.27 bits per heavy atom. The van der Waals surface area contributed by atoms with Crippen LogP contribution >= 0.6 is 0 Å². The molecular weight excluding hydrogens is 274 g/mol. The van der Waals surface area contributed by atoms with Crippen LogP contribution in [-0.4, -0.2) is 16.5 Å². The Labute approximate surface area is 129 Å². The molecule has 0 spiro atoms. The lowest BCUT2D eigenvalue weighted by atomic mass is 10.0. The number of methoxy groups -OCH3 is 1. The molecule has 3 rings (SSSR count). The van der Waals surface area contributed by atoms with E-state index in [0.29, 0.717) is 0 Å². The summed E-state index contributed by atoms with van der Waals surface area (Å²) in [6.07, 6.45) is 1.96. The van der Waals surface area contributed by atoms with Gasteiger partial charge < -0.3 is 9.14 Å². The average Bonchev–Trinajstić information content (AvgIpc) is 2.95. The molecule has 4 heteroatoms. The first-order valence-electron chi connectivity index (χ1n) is 7.17. The average molecular weight is 291 g/mol. The molecule has 1 atom stereocenters. The van der Waals surface area contributed by atoms with Crippen LogP contribution in [0, 0.1) is 18.3 Å². The molecule has 0 saturated carbocycles. The minimum atomic E-state index is -0.252. The first-order chi connectivity index (χ1) is 10.7. The number of rotatable bonds is 3. The zero-order valence-electron chi connectivity index (χ0n) is 12.9. The van der Waals surface area contributed by atoms with Gasteiger partial charge in [0.25, 0.3) is 0 Å². The van der Waals surface area contributed by atoms with Crippen molar-refractivity contribution in [1.82, 2.24) is 9.38 Å². The number of nitrogens with zero attached hydrogens (tertiary/aromatic N) is 3. The summed E-state index contributed by atoms with van der Waals surface area (Å²) in [5.74, 6) is 0.528. The van der Waals surface area contributed by atoms with Crippen molar-refractivity contribution >= 4 is 5.65 Å². The van der Waals surface area contributed by atoms with Gasteiger partial charge in [0.2, 0.25) is 0 Å². The fourth-order valence-electron chi connectivity index (χ4n) is 2.68. The molecule has 0 bridgehead atoms. The number of benzene rings is 1. The monoisotopic (exact) mass is 291 g/mol. The highest BCUT2D eigenvalue weighted by Gasteiger charge is 2.20. The van der Waals surface area contributed by atoms with Gasteiger partial charge in [-0.1, -0.05) is 18.2 Å². The number of aromatic nitrogens is 2. The molecule has 2 heterocycles. The summed E-state index contributed by atoms with van der Waals surface area (Å²) in [5.41, 5.74) is 4.68. The molecule has 1 aromatic carbocycles. The lowest BCUT2D eigenvalue weighted by Crippen LogP contribution is -1.99. The van der Waals surface area contributed by atoms with E-state index in [-0.39, 0.29) is 5.92 Å². The third-order valence-electron chi connectivity index (χ3n) is 3.83. The molecular formula is C18H17N3O. The van der Waals surface area contributed by atoms with Gasteiger partial charge in [0.05, 0.1) is 30.5 Å². The van der Waals surface area contributed by atoms with E-state index in [1.807, 2.05) is 60.8 Å². The van der Waals surface area contributed by atoms with E-state index < -0.39 is 0 Å². The first-order valence-corrected chi connectivity index (χ1v) is 7.17. The number of hydrogen-bond acceptors (Lipinski definition) is 3. The van der Waals surface area contributed by atoms with Crippen LogP contribution in [0.4, 0.5) is 0 Å². The zero-order chi connectivity index (χ0) is 15.7. The van der Waals surface area contributed by atoms with Crippen molar-refractivity contribution in [2.45, 2.75) is 19.8 Å². The zero-order valence-corrected chi connectivity index (χ0v) is 12.9. The van der Waals surface area contributed by atoms with E-state index in [4.69, 9.17) is 9.72 Å². The van der Waals surface area contributed by atoms with Crippen LogP contribution < -0.4 is 4.74 Å². The standard InChI is InChI=1S/C18H17N3O/c1-12-6-5-9-21-17(13(2)11-19)16(20-18(12)21)14-7-4-8-15(10-14)22-3/h4-10,13H,1-3H3. The smallest absolute Gasteiger partial charge is 0.140 e. The molecule has 22 heavy (non-hydrogen) atoms. The van der Waals surface area contributed by atoms with Crippen molar-refractivity contribution in [2.24, 2.45) is 0 Å². The summed E-state index contributed by atoms with van der Waals surface area (Å²) >= 11 is 0. The summed E-state index contributed by atoms with van der Waals surface area (Å²) in [6.45, 7) is 3.92. The van der Waals surface area contributed by atoms with E-state index in [9.17, 15) is 5.26 Å². The molecule has 2 aromatic heterocycles. The van der Waals surface area contributed by atoms with Gasteiger partial charge in [0.15, 0.2) is 0 Å². The number of nitriles is 1. The van der Waals surface area contributed by atoms with Crippen molar-refractivity contribution in [3.8, 4) is 23.1 Å². The second-order valence-corrected chi connectivity index (χ2v) is 5.31. The summed E-state index contributed by atoms with van der Waals surface area (Å²) in [6, 6.07) is 14.1. The Bertz CT molecular complexity index is 874. The number of ether oxygens (including phenoxy) is 1. The molecule has 0 aliphatic carbocycles. The van der Waals surface area contributed by atoms with Gasteiger partial charge in [-0.05, 0) is 37.6 Å². The van der Waals surface area contributed by atoms with Crippen LogP contribution in [0.1, 0.15) is 24.1 Å². The molecule has 0 fully saturated rings. The second-order valence-electron chi connectivity index (χ2n) is 5.31. The van der Waals surface area contributed by atoms with E-state index in [0.717, 1.165) is 33.9 Å². The molecule has 0 aliphatic heterocycles. The Morgan fingerprint density at radius 2 is 2.09 bits per heavy atom.